The maximum atomic E-state index is 11.4. The first-order valence-corrected chi connectivity index (χ1v) is 5.70. The zero-order chi connectivity index (χ0) is 11.7. The standard InChI is InChI=1S/C12H10Cl2O2/c13-10-2-1-3-11(14)12(10)7-4-8(15)6-9(16)5-7/h1-3,6-7,15H,4-5H2. The summed E-state index contributed by atoms with van der Waals surface area (Å²) < 4.78 is 0. The number of aliphatic hydroxyl groups is 1. The largest absolute Gasteiger partial charge is 0.512 e. The molecule has 0 aromatic heterocycles. The van der Waals surface area contributed by atoms with Gasteiger partial charge in [-0.15, -0.1) is 0 Å². The van der Waals surface area contributed by atoms with Crippen molar-refractivity contribution in [1.29, 1.82) is 0 Å². The normalized spacial score (nSPS) is 20.8. The number of halogens is 2. The molecule has 1 aliphatic rings. The van der Waals surface area contributed by atoms with Crippen LogP contribution in [0.3, 0.4) is 0 Å². The van der Waals surface area contributed by atoms with Crippen molar-refractivity contribution in [2.75, 3.05) is 0 Å². The van der Waals surface area contributed by atoms with Crippen molar-refractivity contribution in [3.8, 4) is 0 Å². The van der Waals surface area contributed by atoms with Crippen molar-refractivity contribution in [3.63, 3.8) is 0 Å². The number of benzene rings is 1. The minimum atomic E-state index is -0.126. The number of allylic oxidation sites excluding steroid dienone is 2. The molecule has 1 unspecified atom stereocenters. The van der Waals surface area contributed by atoms with Gasteiger partial charge in [0.1, 0.15) is 0 Å². The number of carbonyl (C=O) groups is 1. The molecule has 4 heteroatoms. The summed E-state index contributed by atoms with van der Waals surface area (Å²) in [5, 5.41) is 10.5. The van der Waals surface area contributed by atoms with E-state index in [1.807, 2.05) is 0 Å². The van der Waals surface area contributed by atoms with Gasteiger partial charge in [-0.25, -0.2) is 0 Å². The van der Waals surface area contributed by atoms with E-state index < -0.39 is 0 Å². The summed E-state index contributed by atoms with van der Waals surface area (Å²) in [6, 6.07) is 5.24. The average molecular weight is 257 g/mol. The van der Waals surface area contributed by atoms with Crippen LogP contribution in [0.15, 0.2) is 30.0 Å². The molecule has 0 fully saturated rings. The van der Waals surface area contributed by atoms with Crippen LogP contribution in [0.25, 0.3) is 0 Å². The van der Waals surface area contributed by atoms with Gasteiger partial charge in [0.05, 0.1) is 5.76 Å². The van der Waals surface area contributed by atoms with Crippen molar-refractivity contribution in [1.82, 2.24) is 0 Å². The Morgan fingerprint density at radius 2 is 1.81 bits per heavy atom. The fourth-order valence-electron chi connectivity index (χ4n) is 1.98. The van der Waals surface area contributed by atoms with E-state index in [1.165, 1.54) is 6.08 Å². The Labute approximate surface area is 103 Å². The average Bonchev–Trinajstić information content (AvgIpc) is 2.15. The molecule has 2 nitrogen and oxygen atoms in total. The quantitative estimate of drug-likeness (QED) is 0.828. The van der Waals surface area contributed by atoms with Crippen LogP contribution >= 0.6 is 23.2 Å². The van der Waals surface area contributed by atoms with Crippen LogP contribution in [0, 0.1) is 0 Å². The van der Waals surface area contributed by atoms with E-state index in [0.29, 0.717) is 22.9 Å². The molecule has 0 aliphatic heterocycles. The molecule has 0 amide bonds. The Hall–Kier alpha value is -0.990. The van der Waals surface area contributed by atoms with Crippen LogP contribution in [-0.2, 0) is 4.79 Å². The second-order valence-corrected chi connectivity index (χ2v) is 4.66. The number of ketones is 1. The van der Waals surface area contributed by atoms with Crippen molar-refractivity contribution >= 4 is 29.0 Å². The highest BCUT2D eigenvalue weighted by atomic mass is 35.5. The summed E-state index contributed by atoms with van der Waals surface area (Å²) >= 11 is 12.1. The van der Waals surface area contributed by atoms with Crippen molar-refractivity contribution < 1.29 is 9.90 Å². The van der Waals surface area contributed by atoms with Crippen LogP contribution < -0.4 is 0 Å². The highest BCUT2D eigenvalue weighted by Crippen LogP contribution is 2.38. The molecular weight excluding hydrogens is 247 g/mol. The van der Waals surface area contributed by atoms with Gasteiger partial charge in [0.15, 0.2) is 5.78 Å². The van der Waals surface area contributed by atoms with Gasteiger partial charge in [-0.05, 0) is 17.7 Å². The number of aliphatic hydroxyl groups excluding tert-OH is 1. The van der Waals surface area contributed by atoms with Crippen LogP contribution in [0.2, 0.25) is 10.0 Å². The second kappa shape index (κ2) is 4.48. The zero-order valence-corrected chi connectivity index (χ0v) is 9.92. The lowest BCUT2D eigenvalue weighted by molar-refractivity contribution is -0.115. The summed E-state index contributed by atoms with van der Waals surface area (Å²) in [5.74, 6) is -0.124. The molecule has 0 saturated carbocycles. The Balaban J connectivity index is 2.39. The van der Waals surface area contributed by atoms with Crippen molar-refractivity contribution in [3.05, 3.63) is 45.6 Å². The molecule has 0 saturated heterocycles. The van der Waals surface area contributed by atoms with E-state index in [1.54, 1.807) is 18.2 Å². The number of rotatable bonds is 1. The molecule has 1 N–H and O–H groups in total. The number of hydrogen-bond donors (Lipinski definition) is 1. The highest BCUT2D eigenvalue weighted by Gasteiger charge is 2.25. The molecule has 0 spiro atoms. The number of carbonyl (C=O) groups excluding carboxylic acids is 1. The molecule has 1 aromatic carbocycles. The Morgan fingerprint density at radius 3 is 2.38 bits per heavy atom. The van der Waals surface area contributed by atoms with E-state index >= 15 is 0 Å². The van der Waals surface area contributed by atoms with Crippen LogP contribution in [-0.4, -0.2) is 10.9 Å². The van der Waals surface area contributed by atoms with E-state index in [4.69, 9.17) is 23.2 Å². The molecule has 16 heavy (non-hydrogen) atoms. The smallest absolute Gasteiger partial charge is 0.159 e. The minimum absolute atomic E-state index is 0.0928. The van der Waals surface area contributed by atoms with Gasteiger partial charge in [0, 0.05) is 34.9 Å². The molecule has 0 heterocycles. The van der Waals surface area contributed by atoms with E-state index in [9.17, 15) is 9.90 Å². The fraction of sp³-hybridized carbons (Fsp3) is 0.250. The molecule has 84 valence electrons. The van der Waals surface area contributed by atoms with Gasteiger partial charge >= 0.3 is 0 Å². The Bertz CT molecular complexity index is 446. The van der Waals surface area contributed by atoms with Gasteiger partial charge in [-0.2, -0.15) is 0 Å². The van der Waals surface area contributed by atoms with Gasteiger partial charge in [0.25, 0.3) is 0 Å². The van der Waals surface area contributed by atoms with Crippen molar-refractivity contribution in [2.45, 2.75) is 18.8 Å². The molecule has 0 bridgehead atoms. The second-order valence-electron chi connectivity index (χ2n) is 3.84. The third-order valence-corrected chi connectivity index (χ3v) is 3.30. The summed E-state index contributed by atoms with van der Waals surface area (Å²) in [7, 11) is 0. The lowest BCUT2D eigenvalue weighted by Gasteiger charge is -2.21. The van der Waals surface area contributed by atoms with E-state index in [-0.39, 0.29) is 17.5 Å². The molecule has 1 aromatic rings. The SMILES string of the molecule is O=C1C=C(O)CC(c2c(Cl)cccc2Cl)C1. The topological polar surface area (TPSA) is 37.3 Å². The maximum absolute atomic E-state index is 11.4. The Kier molecular flexibility index (Phi) is 3.22. The highest BCUT2D eigenvalue weighted by molar-refractivity contribution is 6.36. The monoisotopic (exact) mass is 256 g/mol. The predicted molar refractivity (Wildman–Crippen MR) is 64.2 cm³/mol. The molecular formula is C12H10Cl2O2. The third-order valence-electron chi connectivity index (χ3n) is 2.64. The first-order chi connectivity index (χ1) is 7.58. The van der Waals surface area contributed by atoms with E-state index in [2.05, 4.69) is 0 Å². The lowest BCUT2D eigenvalue weighted by atomic mass is 9.86. The summed E-state index contributed by atoms with van der Waals surface area (Å²) in [6.45, 7) is 0. The predicted octanol–water partition coefficient (Wildman–Crippen LogP) is 3.88. The van der Waals surface area contributed by atoms with Crippen molar-refractivity contribution in [2.24, 2.45) is 0 Å². The summed E-state index contributed by atoms with van der Waals surface area (Å²) in [5.41, 5.74) is 0.749. The fourth-order valence-corrected chi connectivity index (χ4v) is 2.68. The molecule has 0 radical (unpaired) electrons. The molecule has 1 atom stereocenters. The van der Waals surface area contributed by atoms with Gasteiger partial charge in [0.2, 0.25) is 0 Å². The molecule has 2 rings (SSSR count). The van der Waals surface area contributed by atoms with Gasteiger partial charge in [-0.1, -0.05) is 29.3 Å². The van der Waals surface area contributed by atoms with Gasteiger partial charge < -0.3 is 5.11 Å². The Morgan fingerprint density at radius 1 is 1.19 bits per heavy atom. The number of hydrogen-bond acceptors (Lipinski definition) is 2. The minimum Gasteiger partial charge on any atom is -0.512 e. The summed E-state index contributed by atoms with van der Waals surface area (Å²) in [6.07, 6.45) is 2.02. The molecule has 1 aliphatic carbocycles. The van der Waals surface area contributed by atoms with Crippen LogP contribution in [0.5, 0.6) is 0 Å². The lowest BCUT2D eigenvalue weighted by Crippen LogP contribution is -2.13. The first-order valence-electron chi connectivity index (χ1n) is 4.94. The van der Waals surface area contributed by atoms with Crippen LogP contribution in [0.4, 0.5) is 0 Å². The van der Waals surface area contributed by atoms with Gasteiger partial charge in [-0.3, -0.25) is 4.79 Å². The zero-order valence-electron chi connectivity index (χ0n) is 8.41. The third kappa shape index (κ3) is 2.23. The van der Waals surface area contributed by atoms with Crippen LogP contribution in [0.1, 0.15) is 24.3 Å². The summed E-state index contributed by atoms with van der Waals surface area (Å²) in [4.78, 5) is 11.4. The van der Waals surface area contributed by atoms with E-state index in [0.717, 1.165) is 5.56 Å². The first kappa shape index (κ1) is 11.5. The maximum Gasteiger partial charge on any atom is 0.159 e.